The van der Waals surface area contributed by atoms with Gasteiger partial charge in [-0.25, -0.2) is 13.6 Å². The largest absolute Gasteiger partial charge is 0.465 e. The molecule has 1 aliphatic heterocycles. The number of carboxylic acid groups (broad SMARTS) is 1. The second-order valence-corrected chi connectivity index (χ2v) is 4.69. The van der Waals surface area contributed by atoms with E-state index in [-0.39, 0.29) is 37.3 Å². The van der Waals surface area contributed by atoms with Crippen LogP contribution in [0.15, 0.2) is 12.1 Å². The Bertz CT molecular complexity index is 503. The van der Waals surface area contributed by atoms with E-state index in [9.17, 15) is 13.6 Å². The average molecular weight is 285 g/mol. The third-order valence-corrected chi connectivity index (χ3v) is 3.42. The topological polar surface area (TPSA) is 69.8 Å². The highest BCUT2D eigenvalue weighted by atomic mass is 19.1. The van der Waals surface area contributed by atoms with Gasteiger partial charge in [-0.15, -0.1) is 0 Å². The number of hydrogen-bond acceptors (Lipinski definition) is 3. The maximum atomic E-state index is 14.0. The first-order valence-corrected chi connectivity index (χ1v) is 6.43. The van der Waals surface area contributed by atoms with E-state index in [1.54, 1.807) is 4.90 Å². The van der Waals surface area contributed by atoms with Crippen molar-refractivity contribution in [2.24, 2.45) is 5.73 Å². The Morgan fingerprint density at radius 3 is 2.40 bits per heavy atom. The van der Waals surface area contributed by atoms with Crippen molar-refractivity contribution in [1.82, 2.24) is 4.90 Å². The molecule has 110 valence electrons. The van der Waals surface area contributed by atoms with Crippen LogP contribution in [0.3, 0.4) is 0 Å². The number of nitrogens with zero attached hydrogens (tertiary/aromatic N) is 2. The molecule has 1 amide bonds. The van der Waals surface area contributed by atoms with Crippen molar-refractivity contribution in [3.8, 4) is 0 Å². The number of amides is 1. The van der Waals surface area contributed by atoms with Gasteiger partial charge in [0.1, 0.15) is 11.6 Å². The maximum absolute atomic E-state index is 14.0. The van der Waals surface area contributed by atoms with E-state index in [1.807, 2.05) is 0 Å². The summed E-state index contributed by atoms with van der Waals surface area (Å²) in [6, 6.07) is 2.33. The quantitative estimate of drug-likeness (QED) is 0.877. The first-order valence-electron chi connectivity index (χ1n) is 6.43. The third kappa shape index (κ3) is 2.98. The van der Waals surface area contributed by atoms with E-state index < -0.39 is 17.7 Å². The molecule has 0 bridgehead atoms. The molecule has 20 heavy (non-hydrogen) atoms. The zero-order valence-electron chi connectivity index (χ0n) is 11.0. The summed E-state index contributed by atoms with van der Waals surface area (Å²) in [6.07, 6.45) is -0.704. The number of nitrogens with two attached hydrogens (primary N) is 1. The minimum atomic E-state index is -0.991. The van der Waals surface area contributed by atoms with Crippen LogP contribution in [0.1, 0.15) is 5.56 Å². The van der Waals surface area contributed by atoms with Gasteiger partial charge in [0.2, 0.25) is 0 Å². The molecule has 1 aliphatic rings. The summed E-state index contributed by atoms with van der Waals surface area (Å²) in [5.41, 5.74) is 5.78. The van der Waals surface area contributed by atoms with E-state index in [0.717, 1.165) is 6.07 Å². The minimum Gasteiger partial charge on any atom is -0.465 e. The number of carbonyl (C=O) groups is 1. The Kier molecular flexibility index (Phi) is 4.39. The number of anilines is 1. The average Bonchev–Trinajstić information content (AvgIpc) is 2.43. The molecule has 0 atom stereocenters. The lowest BCUT2D eigenvalue weighted by Gasteiger charge is -2.34. The molecule has 7 heteroatoms. The fourth-order valence-electron chi connectivity index (χ4n) is 2.31. The number of rotatable bonds is 3. The van der Waals surface area contributed by atoms with Gasteiger partial charge in [-0.05, 0) is 24.6 Å². The van der Waals surface area contributed by atoms with Crippen LogP contribution >= 0.6 is 0 Å². The molecule has 5 nitrogen and oxygen atoms in total. The van der Waals surface area contributed by atoms with Crippen LogP contribution in [0, 0.1) is 11.6 Å². The number of benzene rings is 1. The lowest BCUT2D eigenvalue weighted by atomic mass is 10.1. The minimum absolute atomic E-state index is 0.174. The Morgan fingerprint density at radius 1 is 1.20 bits per heavy atom. The van der Waals surface area contributed by atoms with Gasteiger partial charge in [-0.3, -0.25) is 0 Å². The molecule has 0 radical (unpaired) electrons. The van der Waals surface area contributed by atoms with Gasteiger partial charge in [0.05, 0.1) is 5.69 Å². The van der Waals surface area contributed by atoms with E-state index in [1.165, 1.54) is 11.0 Å². The van der Waals surface area contributed by atoms with Gasteiger partial charge in [-0.1, -0.05) is 0 Å². The second-order valence-electron chi connectivity index (χ2n) is 4.69. The highest BCUT2D eigenvalue weighted by Gasteiger charge is 2.23. The Hall–Kier alpha value is -1.89. The van der Waals surface area contributed by atoms with Gasteiger partial charge in [0.25, 0.3) is 0 Å². The summed E-state index contributed by atoms with van der Waals surface area (Å²) >= 11 is 0. The summed E-state index contributed by atoms with van der Waals surface area (Å²) in [6.45, 7) is 1.51. The van der Waals surface area contributed by atoms with Crippen molar-refractivity contribution in [3.05, 3.63) is 29.3 Å². The molecular formula is C13H17F2N3O2. The summed E-state index contributed by atoms with van der Waals surface area (Å²) in [4.78, 5) is 13.7. The second kappa shape index (κ2) is 6.04. The number of halogens is 2. The van der Waals surface area contributed by atoms with Gasteiger partial charge >= 0.3 is 6.09 Å². The molecule has 1 aromatic rings. The Balaban J connectivity index is 2.14. The van der Waals surface area contributed by atoms with Gasteiger partial charge < -0.3 is 20.6 Å². The van der Waals surface area contributed by atoms with Gasteiger partial charge in [0, 0.05) is 32.2 Å². The van der Waals surface area contributed by atoms with Crippen LogP contribution in [0.4, 0.5) is 19.3 Å². The van der Waals surface area contributed by atoms with E-state index in [4.69, 9.17) is 10.8 Å². The number of hydrogen-bond donors (Lipinski definition) is 2. The molecule has 1 heterocycles. The first kappa shape index (κ1) is 14.5. The van der Waals surface area contributed by atoms with E-state index in [2.05, 4.69) is 0 Å². The smallest absolute Gasteiger partial charge is 0.407 e. The molecule has 3 N–H and O–H groups in total. The summed E-state index contributed by atoms with van der Waals surface area (Å²) < 4.78 is 27.8. The van der Waals surface area contributed by atoms with Crippen molar-refractivity contribution in [3.63, 3.8) is 0 Å². The van der Waals surface area contributed by atoms with Crippen LogP contribution in [-0.4, -0.2) is 48.8 Å². The van der Waals surface area contributed by atoms with Crippen LogP contribution in [0.2, 0.25) is 0 Å². The Labute approximate surface area is 115 Å². The van der Waals surface area contributed by atoms with Gasteiger partial charge in [-0.2, -0.15) is 0 Å². The monoisotopic (exact) mass is 285 g/mol. The zero-order chi connectivity index (χ0) is 14.7. The summed E-state index contributed by atoms with van der Waals surface area (Å²) in [5.74, 6) is -0.980. The molecule has 2 rings (SSSR count). The fraction of sp³-hybridized carbons (Fsp3) is 0.462. The molecule has 1 aromatic carbocycles. The molecular weight excluding hydrogens is 268 g/mol. The van der Waals surface area contributed by atoms with Crippen LogP contribution in [0.25, 0.3) is 0 Å². The first-order chi connectivity index (χ1) is 9.52. The van der Waals surface area contributed by atoms with E-state index in [0.29, 0.717) is 13.1 Å². The molecule has 0 saturated carbocycles. The summed E-state index contributed by atoms with van der Waals surface area (Å²) in [7, 11) is 0. The Morgan fingerprint density at radius 2 is 1.85 bits per heavy atom. The van der Waals surface area contributed by atoms with Crippen molar-refractivity contribution in [2.45, 2.75) is 6.42 Å². The highest BCUT2D eigenvalue weighted by Crippen LogP contribution is 2.24. The van der Waals surface area contributed by atoms with Crippen LogP contribution in [0.5, 0.6) is 0 Å². The SMILES string of the molecule is NCCc1cc(F)c(N2CCN(C(=O)O)CC2)cc1F. The molecule has 0 aromatic heterocycles. The summed E-state index contributed by atoms with van der Waals surface area (Å²) in [5, 5.41) is 8.85. The van der Waals surface area contributed by atoms with Crippen molar-refractivity contribution in [2.75, 3.05) is 37.6 Å². The third-order valence-electron chi connectivity index (χ3n) is 3.42. The maximum Gasteiger partial charge on any atom is 0.407 e. The fourth-order valence-corrected chi connectivity index (χ4v) is 2.31. The van der Waals surface area contributed by atoms with E-state index >= 15 is 0 Å². The number of piperazine rings is 1. The standard InChI is InChI=1S/C13H17F2N3O2/c14-10-8-12(11(15)7-9(10)1-2-16)17-3-5-18(6-4-17)13(19)20/h7-8H,1-6,16H2,(H,19,20). The lowest BCUT2D eigenvalue weighted by Crippen LogP contribution is -2.48. The lowest BCUT2D eigenvalue weighted by molar-refractivity contribution is 0.142. The van der Waals surface area contributed by atoms with Crippen molar-refractivity contribution >= 4 is 11.8 Å². The van der Waals surface area contributed by atoms with Gasteiger partial charge in [0.15, 0.2) is 0 Å². The van der Waals surface area contributed by atoms with Crippen LogP contribution in [-0.2, 0) is 6.42 Å². The highest BCUT2D eigenvalue weighted by molar-refractivity contribution is 5.65. The normalized spacial score (nSPS) is 15.6. The molecule has 1 fully saturated rings. The van der Waals surface area contributed by atoms with Crippen molar-refractivity contribution in [1.29, 1.82) is 0 Å². The molecule has 0 spiro atoms. The predicted molar refractivity (Wildman–Crippen MR) is 70.9 cm³/mol. The zero-order valence-corrected chi connectivity index (χ0v) is 11.0. The predicted octanol–water partition coefficient (Wildman–Crippen LogP) is 1.27. The molecule has 0 aliphatic carbocycles. The molecule has 1 saturated heterocycles. The van der Waals surface area contributed by atoms with Crippen molar-refractivity contribution < 1.29 is 18.7 Å². The van der Waals surface area contributed by atoms with Crippen LogP contribution < -0.4 is 10.6 Å². The molecule has 0 unspecified atom stereocenters.